The van der Waals surface area contributed by atoms with Crippen molar-refractivity contribution in [3.63, 3.8) is 0 Å². The molecule has 2 N–H and O–H groups in total. The number of benzene rings is 2. The number of carbonyl (C=O) groups excluding carboxylic acids is 2. The van der Waals surface area contributed by atoms with E-state index in [1.54, 1.807) is 13.2 Å². The largest absolute Gasteiger partial charge is 0.494 e. The molecule has 0 atom stereocenters. The first-order valence-corrected chi connectivity index (χ1v) is 9.17. The minimum absolute atomic E-state index is 0.273. The molecule has 150 valence electrons. The third-order valence-electron chi connectivity index (χ3n) is 4.22. The lowest BCUT2D eigenvalue weighted by atomic mass is 10.0. The van der Waals surface area contributed by atoms with E-state index in [4.69, 9.17) is 4.74 Å². The fraction of sp³-hybridized carbons (Fsp3) is 0.364. The summed E-state index contributed by atoms with van der Waals surface area (Å²) in [5.74, 6) is 0.311. The van der Waals surface area contributed by atoms with Gasteiger partial charge >= 0.3 is 6.03 Å². The summed E-state index contributed by atoms with van der Waals surface area (Å²) in [6.07, 6.45) is 0. The van der Waals surface area contributed by atoms with Gasteiger partial charge in [0.25, 0.3) is 5.91 Å². The molecule has 0 radical (unpaired) electrons. The summed E-state index contributed by atoms with van der Waals surface area (Å²) in [5.41, 5.74) is 6.02. The van der Waals surface area contributed by atoms with Crippen LogP contribution in [0.15, 0.2) is 36.4 Å². The van der Waals surface area contributed by atoms with Crippen molar-refractivity contribution in [1.82, 2.24) is 10.4 Å². The van der Waals surface area contributed by atoms with E-state index < -0.39 is 11.6 Å². The number of amides is 3. The molecule has 0 aliphatic carbocycles. The van der Waals surface area contributed by atoms with Gasteiger partial charge in [-0.1, -0.05) is 29.3 Å². The monoisotopic (exact) mass is 383 g/mol. The molecule has 0 bridgehead atoms. The molecule has 0 heterocycles. The number of carbonyl (C=O) groups is 2. The Kier molecular flexibility index (Phi) is 6.33. The van der Waals surface area contributed by atoms with Gasteiger partial charge in [0.05, 0.1) is 18.3 Å². The first-order chi connectivity index (χ1) is 13.0. The SMILES string of the molecule is COc1c(C)cccc1NC(=O)NN(C(=O)c1cc(C)cc(C)c1)C(C)(C)C. The molecule has 3 amide bonds. The lowest BCUT2D eigenvalue weighted by molar-refractivity contribution is 0.0460. The highest BCUT2D eigenvalue weighted by Crippen LogP contribution is 2.28. The van der Waals surface area contributed by atoms with Crippen molar-refractivity contribution in [3.05, 3.63) is 58.7 Å². The Morgan fingerprint density at radius 1 is 1.00 bits per heavy atom. The van der Waals surface area contributed by atoms with Gasteiger partial charge < -0.3 is 10.1 Å². The number of hydrazine groups is 1. The number of nitrogens with one attached hydrogen (secondary N) is 2. The van der Waals surface area contributed by atoms with Gasteiger partial charge in [0.1, 0.15) is 5.75 Å². The van der Waals surface area contributed by atoms with Crippen molar-refractivity contribution in [1.29, 1.82) is 0 Å². The lowest BCUT2D eigenvalue weighted by Gasteiger charge is -2.35. The third-order valence-corrected chi connectivity index (χ3v) is 4.22. The molecule has 2 aromatic rings. The second-order valence-electron chi connectivity index (χ2n) is 7.91. The maximum Gasteiger partial charge on any atom is 0.338 e. The smallest absolute Gasteiger partial charge is 0.338 e. The summed E-state index contributed by atoms with van der Waals surface area (Å²) in [7, 11) is 1.55. The number of nitrogens with zero attached hydrogens (tertiary/aromatic N) is 1. The number of hydrogen-bond acceptors (Lipinski definition) is 3. The normalized spacial score (nSPS) is 11.0. The van der Waals surface area contributed by atoms with Gasteiger partial charge in [-0.05, 0) is 65.3 Å². The lowest BCUT2D eigenvalue weighted by Crippen LogP contribution is -2.56. The minimum Gasteiger partial charge on any atom is -0.494 e. The van der Waals surface area contributed by atoms with Gasteiger partial charge in [0.2, 0.25) is 0 Å². The van der Waals surface area contributed by atoms with Gasteiger partial charge in [-0.3, -0.25) is 4.79 Å². The standard InChI is InChI=1S/C22H29N3O3/c1-14-11-15(2)13-17(12-14)20(26)25(22(4,5)6)24-21(27)23-18-10-8-9-16(3)19(18)28-7/h8-13H,1-7H3,(H2,23,24,27). The summed E-state index contributed by atoms with van der Waals surface area (Å²) in [6, 6.07) is 10.6. The van der Waals surface area contributed by atoms with Crippen LogP contribution >= 0.6 is 0 Å². The first kappa shape index (κ1) is 21.3. The number of rotatable bonds is 3. The van der Waals surface area contributed by atoms with Crippen molar-refractivity contribution in [3.8, 4) is 5.75 Å². The Labute approximate surface area is 166 Å². The van der Waals surface area contributed by atoms with Crippen LogP contribution in [0.25, 0.3) is 0 Å². The van der Waals surface area contributed by atoms with Gasteiger partial charge in [-0.25, -0.2) is 15.2 Å². The van der Waals surface area contributed by atoms with Crippen LogP contribution in [-0.2, 0) is 0 Å². The molecule has 0 aliphatic rings. The van der Waals surface area contributed by atoms with Crippen molar-refractivity contribution < 1.29 is 14.3 Å². The number of methoxy groups -OCH3 is 1. The molecule has 0 saturated heterocycles. The first-order valence-electron chi connectivity index (χ1n) is 9.17. The maximum absolute atomic E-state index is 13.1. The van der Waals surface area contributed by atoms with Crippen LogP contribution in [0.4, 0.5) is 10.5 Å². The zero-order valence-electron chi connectivity index (χ0n) is 17.6. The Hall–Kier alpha value is -3.02. The highest BCUT2D eigenvalue weighted by atomic mass is 16.5. The fourth-order valence-electron chi connectivity index (χ4n) is 3.02. The van der Waals surface area contributed by atoms with Crippen LogP contribution in [0.3, 0.4) is 0 Å². The molecule has 0 aliphatic heterocycles. The molecule has 6 nitrogen and oxygen atoms in total. The molecule has 0 saturated carbocycles. The van der Waals surface area contributed by atoms with E-state index in [2.05, 4.69) is 10.7 Å². The van der Waals surface area contributed by atoms with Crippen molar-refractivity contribution in [2.75, 3.05) is 12.4 Å². The van der Waals surface area contributed by atoms with Crippen LogP contribution in [0.5, 0.6) is 5.75 Å². The predicted octanol–water partition coefficient (Wildman–Crippen LogP) is 4.60. The zero-order valence-corrected chi connectivity index (χ0v) is 17.6. The Balaban J connectivity index is 2.26. The Morgan fingerprint density at radius 2 is 1.61 bits per heavy atom. The van der Waals surface area contributed by atoms with E-state index in [1.165, 1.54) is 5.01 Å². The molecule has 2 rings (SSSR count). The minimum atomic E-state index is -0.622. The predicted molar refractivity (Wildman–Crippen MR) is 112 cm³/mol. The average Bonchev–Trinajstić information content (AvgIpc) is 2.57. The summed E-state index contributed by atoms with van der Waals surface area (Å²) in [5, 5.41) is 4.11. The van der Waals surface area contributed by atoms with Crippen molar-refractivity contribution in [2.24, 2.45) is 0 Å². The molecule has 6 heteroatoms. The number of para-hydroxylation sites is 1. The molecular weight excluding hydrogens is 354 g/mol. The van der Waals surface area contributed by atoms with E-state index in [0.717, 1.165) is 16.7 Å². The number of ether oxygens (including phenoxy) is 1. The van der Waals surface area contributed by atoms with Gasteiger partial charge in [-0.2, -0.15) is 0 Å². The fourth-order valence-corrected chi connectivity index (χ4v) is 3.02. The van der Waals surface area contributed by atoms with E-state index in [9.17, 15) is 9.59 Å². The van der Waals surface area contributed by atoms with E-state index >= 15 is 0 Å². The van der Waals surface area contributed by atoms with Gasteiger partial charge in [0.15, 0.2) is 0 Å². The number of hydrogen-bond donors (Lipinski definition) is 2. The Morgan fingerprint density at radius 3 is 2.14 bits per heavy atom. The topological polar surface area (TPSA) is 70.7 Å². The number of anilines is 1. The highest BCUT2D eigenvalue weighted by molar-refractivity contribution is 5.98. The average molecular weight is 383 g/mol. The molecule has 0 aromatic heterocycles. The number of aryl methyl sites for hydroxylation is 3. The van der Waals surface area contributed by atoms with Crippen LogP contribution in [0.2, 0.25) is 0 Å². The van der Waals surface area contributed by atoms with Crippen LogP contribution < -0.4 is 15.5 Å². The van der Waals surface area contributed by atoms with E-state index in [0.29, 0.717) is 17.0 Å². The van der Waals surface area contributed by atoms with Gasteiger partial charge in [-0.15, -0.1) is 0 Å². The van der Waals surface area contributed by atoms with Crippen molar-refractivity contribution >= 4 is 17.6 Å². The molecule has 2 aromatic carbocycles. The molecule has 0 fully saturated rings. The zero-order chi connectivity index (χ0) is 21.1. The summed E-state index contributed by atoms with van der Waals surface area (Å²) in [4.78, 5) is 25.8. The van der Waals surface area contributed by atoms with Crippen molar-refractivity contribution in [2.45, 2.75) is 47.1 Å². The number of urea groups is 1. The van der Waals surface area contributed by atoms with Crippen LogP contribution in [-0.4, -0.2) is 29.6 Å². The maximum atomic E-state index is 13.1. The van der Waals surface area contributed by atoms with Crippen LogP contribution in [0.1, 0.15) is 47.8 Å². The van der Waals surface area contributed by atoms with E-state index in [1.807, 2.05) is 71.9 Å². The molecule has 0 spiro atoms. The molecular formula is C22H29N3O3. The summed E-state index contributed by atoms with van der Waals surface area (Å²) < 4.78 is 5.37. The van der Waals surface area contributed by atoms with E-state index in [-0.39, 0.29) is 5.91 Å². The third kappa shape index (κ3) is 5.03. The summed E-state index contributed by atoms with van der Waals surface area (Å²) in [6.45, 7) is 11.4. The van der Waals surface area contributed by atoms with Gasteiger partial charge in [0, 0.05) is 5.56 Å². The molecule has 0 unspecified atom stereocenters. The highest BCUT2D eigenvalue weighted by Gasteiger charge is 2.29. The Bertz CT molecular complexity index is 865. The second-order valence-corrected chi connectivity index (χ2v) is 7.91. The van der Waals surface area contributed by atoms with Crippen LogP contribution in [0, 0.1) is 20.8 Å². The summed E-state index contributed by atoms with van der Waals surface area (Å²) >= 11 is 0. The second kappa shape index (κ2) is 8.33. The quantitative estimate of drug-likeness (QED) is 0.761. The molecule has 28 heavy (non-hydrogen) atoms.